The van der Waals surface area contributed by atoms with E-state index in [0.717, 1.165) is 0 Å². The van der Waals surface area contributed by atoms with Gasteiger partial charge in [0.2, 0.25) is 0 Å². The summed E-state index contributed by atoms with van der Waals surface area (Å²) in [6.07, 6.45) is -0.132. The molecule has 0 spiro atoms. The quantitative estimate of drug-likeness (QED) is 0.851. The van der Waals surface area contributed by atoms with Crippen LogP contribution < -0.4 is 15.0 Å². The summed E-state index contributed by atoms with van der Waals surface area (Å²) in [5.41, 5.74) is 1.14. The van der Waals surface area contributed by atoms with Crippen LogP contribution in [0.3, 0.4) is 0 Å². The molecule has 4 nitrogen and oxygen atoms in total. The van der Waals surface area contributed by atoms with Gasteiger partial charge in [0.1, 0.15) is 17.7 Å². The van der Waals surface area contributed by atoms with E-state index in [1.807, 2.05) is 6.92 Å². The maximum atomic E-state index is 12.9. The van der Waals surface area contributed by atoms with Crippen molar-refractivity contribution in [1.29, 1.82) is 0 Å². The summed E-state index contributed by atoms with van der Waals surface area (Å²) in [7, 11) is 0. The Bertz CT molecular complexity index is 706. The highest BCUT2D eigenvalue weighted by Gasteiger charge is 2.28. The van der Waals surface area contributed by atoms with Crippen molar-refractivity contribution in [3.05, 3.63) is 53.3 Å². The lowest BCUT2D eigenvalue weighted by atomic mass is 10.2. The number of nitrogens with one attached hydrogen (secondary N) is 1. The van der Waals surface area contributed by atoms with Gasteiger partial charge in [-0.1, -0.05) is 11.6 Å². The molecule has 2 aromatic carbocycles. The van der Waals surface area contributed by atoms with E-state index in [1.54, 1.807) is 23.1 Å². The molecule has 1 atom stereocenters. The number of anilines is 2. The second-order valence-corrected chi connectivity index (χ2v) is 5.52. The van der Waals surface area contributed by atoms with E-state index in [-0.39, 0.29) is 18.0 Å². The molecule has 2 aromatic rings. The fourth-order valence-corrected chi connectivity index (χ4v) is 2.49. The average molecular weight is 321 g/mol. The number of rotatable bonds is 1. The topological polar surface area (TPSA) is 41.6 Å². The molecule has 1 N–H and O–H groups in total. The molecule has 0 unspecified atom stereocenters. The van der Waals surface area contributed by atoms with Gasteiger partial charge in [0.15, 0.2) is 0 Å². The Labute approximate surface area is 132 Å². The van der Waals surface area contributed by atoms with Gasteiger partial charge in [0.05, 0.1) is 12.2 Å². The fourth-order valence-electron chi connectivity index (χ4n) is 2.33. The van der Waals surface area contributed by atoms with Crippen LogP contribution in [-0.2, 0) is 0 Å². The molecule has 0 aliphatic carbocycles. The summed E-state index contributed by atoms with van der Waals surface area (Å²) in [5, 5.41) is 3.27. The zero-order chi connectivity index (χ0) is 15.7. The standard InChI is InChI=1S/C16H14ClFN2O2/c1-10-9-20(14-8-11(17)2-7-15(14)22-10)16(21)19-13-5-3-12(18)4-6-13/h2-8,10H,9H2,1H3,(H,19,21)/t10-/m0/s1. The summed E-state index contributed by atoms with van der Waals surface area (Å²) >= 11 is 6.01. The van der Waals surface area contributed by atoms with Gasteiger partial charge in [-0.3, -0.25) is 4.90 Å². The zero-order valence-electron chi connectivity index (χ0n) is 11.8. The number of amides is 2. The number of hydrogen-bond donors (Lipinski definition) is 1. The maximum Gasteiger partial charge on any atom is 0.326 e. The van der Waals surface area contributed by atoms with Gasteiger partial charge in [-0.15, -0.1) is 0 Å². The summed E-state index contributed by atoms with van der Waals surface area (Å²) < 4.78 is 18.6. The SMILES string of the molecule is C[C@H]1CN(C(=O)Nc2ccc(F)cc2)c2cc(Cl)ccc2O1. The van der Waals surface area contributed by atoms with Crippen molar-refractivity contribution in [2.24, 2.45) is 0 Å². The maximum absolute atomic E-state index is 12.9. The first-order chi connectivity index (χ1) is 10.5. The van der Waals surface area contributed by atoms with Gasteiger partial charge in [-0.25, -0.2) is 9.18 Å². The van der Waals surface area contributed by atoms with Crippen LogP contribution in [0.2, 0.25) is 5.02 Å². The number of fused-ring (bicyclic) bond motifs is 1. The van der Waals surface area contributed by atoms with Gasteiger partial charge in [0.25, 0.3) is 0 Å². The van der Waals surface area contributed by atoms with Crippen molar-refractivity contribution in [3.63, 3.8) is 0 Å². The molecule has 1 aliphatic rings. The van der Waals surface area contributed by atoms with E-state index in [9.17, 15) is 9.18 Å². The third-order valence-electron chi connectivity index (χ3n) is 3.32. The Morgan fingerprint density at radius 1 is 1.32 bits per heavy atom. The van der Waals surface area contributed by atoms with Crippen LogP contribution in [0.4, 0.5) is 20.6 Å². The fraction of sp³-hybridized carbons (Fsp3) is 0.188. The molecule has 2 amide bonds. The van der Waals surface area contributed by atoms with Gasteiger partial charge >= 0.3 is 6.03 Å². The lowest BCUT2D eigenvalue weighted by molar-refractivity contribution is 0.208. The Morgan fingerprint density at radius 3 is 2.77 bits per heavy atom. The van der Waals surface area contributed by atoms with Crippen molar-refractivity contribution in [2.75, 3.05) is 16.8 Å². The van der Waals surface area contributed by atoms with E-state index in [4.69, 9.17) is 16.3 Å². The summed E-state index contributed by atoms with van der Waals surface area (Å²) in [6, 6.07) is 10.4. The first kappa shape index (κ1) is 14.7. The number of carbonyl (C=O) groups excluding carboxylic acids is 1. The van der Waals surface area contributed by atoms with Crippen LogP contribution in [0.15, 0.2) is 42.5 Å². The van der Waals surface area contributed by atoms with Crippen LogP contribution in [0, 0.1) is 5.82 Å². The highest BCUT2D eigenvalue weighted by molar-refractivity contribution is 6.31. The van der Waals surface area contributed by atoms with E-state index in [1.165, 1.54) is 24.3 Å². The number of nitrogens with zero attached hydrogens (tertiary/aromatic N) is 1. The number of carbonyl (C=O) groups is 1. The predicted octanol–water partition coefficient (Wildman–Crippen LogP) is 4.30. The molecule has 0 saturated heterocycles. The Morgan fingerprint density at radius 2 is 2.05 bits per heavy atom. The molecule has 6 heteroatoms. The third-order valence-corrected chi connectivity index (χ3v) is 3.56. The van der Waals surface area contributed by atoms with Crippen molar-refractivity contribution < 1.29 is 13.9 Å². The van der Waals surface area contributed by atoms with Gasteiger partial charge < -0.3 is 10.1 Å². The van der Waals surface area contributed by atoms with Crippen LogP contribution in [0.1, 0.15) is 6.92 Å². The molecular weight excluding hydrogens is 307 g/mol. The number of hydrogen-bond acceptors (Lipinski definition) is 2. The number of ether oxygens (including phenoxy) is 1. The van der Waals surface area contributed by atoms with Crippen molar-refractivity contribution in [2.45, 2.75) is 13.0 Å². The summed E-state index contributed by atoms with van der Waals surface area (Å²) in [4.78, 5) is 14.1. The van der Waals surface area contributed by atoms with E-state index < -0.39 is 0 Å². The number of benzene rings is 2. The minimum atomic E-state index is -0.352. The predicted molar refractivity (Wildman–Crippen MR) is 84.3 cm³/mol. The average Bonchev–Trinajstić information content (AvgIpc) is 2.49. The first-order valence-corrected chi connectivity index (χ1v) is 7.21. The highest BCUT2D eigenvalue weighted by atomic mass is 35.5. The molecule has 1 aliphatic heterocycles. The normalized spacial score (nSPS) is 16.7. The minimum absolute atomic E-state index is 0.132. The van der Waals surface area contributed by atoms with Gasteiger partial charge in [-0.05, 0) is 49.4 Å². The van der Waals surface area contributed by atoms with Crippen LogP contribution >= 0.6 is 11.6 Å². The third kappa shape index (κ3) is 2.99. The molecule has 0 radical (unpaired) electrons. The van der Waals surface area contributed by atoms with Gasteiger partial charge in [-0.2, -0.15) is 0 Å². The van der Waals surface area contributed by atoms with Crippen LogP contribution in [-0.4, -0.2) is 18.7 Å². The summed E-state index contributed by atoms with van der Waals surface area (Å²) in [6.45, 7) is 2.29. The van der Waals surface area contributed by atoms with E-state index in [0.29, 0.717) is 28.7 Å². The molecule has 0 bridgehead atoms. The van der Waals surface area contributed by atoms with Crippen molar-refractivity contribution >= 4 is 29.0 Å². The number of halogens is 2. The smallest absolute Gasteiger partial charge is 0.326 e. The Kier molecular flexibility index (Phi) is 3.90. The molecule has 22 heavy (non-hydrogen) atoms. The van der Waals surface area contributed by atoms with E-state index >= 15 is 0 Å². The van der Waals surface area contributed by atoms with Crippen molar-refractivity contribution in [3.8, 4) is 5.75 Å². The molecule has 114 valence electrons. The Balaban J connectivity index is 1.86. The zero-order valence-corrected chi connectivity index (χ0v) is 12.6. The largest absolute Gasteiger partial charge is 0.487 e. The van der Waals surface area contributed by atoms with E-state index in [2.05, 4.69) is 5.32 Å². The lowest BCUT2D eigenvalue weighted by Gasteiger charge is -2.33. The first-order valence-electron chi connectivity index (χ1n) is 6.83. The molecular formula is C16H14ClFN2O2. The minimum Gasteiger partial charge on any atom is -0.487 e. The lowest BCUT2D eigenvalue weighted by Crippen LogP contribution is -2.44. The molecule has 0 aromatic heterocycles. The second kappa shape index (κ2) is 5.85. The Hall–Kier alpha value is -2.27. The number of urea groups is 1. The molecule has 0 saturated carbocycles. The molecule has 0 fully saturated rings. The highest BCUT2D eigenvalue weighted by Crippen LogP contribution is 2.35. The monoisotopic (exact) mass is 320 g/mol. The van der Waals surface area contributed by atoms with Crippen molar-refractivity contribution in [1.82, 2.24) is 0 Å². The summed E-state index contributed by atoms with van der Waals surface area (Å²) in [5.74, 6) is 0.257. The molecule has 3 rings (SSSR count). The second-order valence-electron chi connectivity index (χ2n) is 5.09. The van der Waals surface area contributed by atoms with Crippen LogP contribution in [0.5, 0.6) is 5.75 Å². The van der Waals surface area contributed by atoms with Crippen LogP contribution in [0.25, 0.3) is 0 Å². The van der Waals surface area contributed by atoms with Gasteiger partial charge in [0, 0.05) is 10.7 Å². The molecule has 1 heterocycles.